The third-order valence-corrected chi connectivity index (χ3v) is 3.92. The quantitative estimate of drug-likeness (QED) is 0.387. The maximum absolute atomic E-state index is 10.5. The molecule has 0 fully saturated rings. The largest absolute Gasteiger partial charge is 0.508 e. The number of phenolic OH excluding ortho intramolecular Hbond substituents is 4. The van der Waals surface area contributed by atoms with Crippen molar-refractivity contribution in [3.8, 4) is 28.7 Å². The molecule has 2 aromatic rings. The van der Waals surface area contributed by atoms with Gasteiger partial charge in [-0.3, -0.25) is 0 Å². The molecule has 1 heterocycles. The molecule has 5 N–H and O–H groups in total. The third kappa shape index (κ3) is 2.26. The van der Waals surface area contributed by atoms with Gasteiger partial charge in [-0.25, -0.2) is 0 Å². The first-order chi connectivity index (χ1) is 10.7. The summed E-state index contributed by atoms with van der Waals surface area (Å²) in [6.45, 7) is 0. The van der Waals surface area contributed by atoms with Crippen LogP contribution in [0.25, 0.3) is 0 Å². The summed E-state index contributed by atoms with van der Waals surface area (Å²) in [5, 5.41) is 49.0. The highest BCUT2D eigenvalue weighted by atomic mass is 16.5. The zero-order valence-corrected chi connectivity index (χ0v) is 11.8. The van der Waals surface area contributed by atoms with E-state index >= 15 is 0 Å². The first kappa shape index (κ1) is 15.4. The van der Waals surface area contributed by atoms with Crippen molar-refractivity contribution in [2.45, 2.75) is 17.4 Å². The van der Waals surface area contributed by atoms with E-state index in [0.29, 0.717) is 0 Å². The Morgan fingerprint density at radius 1 is 0.957 bits per heavy atom. The zero-order valence-electron chi connectivity index (χ0n) is 11.8. The van der Waals surface area contributed by atoms with E-state index in [0.717, 1.165) is 12.1 Å². The Hall–Kier alpha value is -2.47. The summed E-state index contributed by atoms with van der Waals surface area (Å²) in [5.74, 6) is -2.48. The monoisotopic (exact) mass is 310 g/mol. The predicted octanol–water partition coefficient (Wildman–Crippen LogP) is 0.493. The number of aliphatic hydroxyl groups excluding tert-OH is 1. The summed E-state index contributed by atoms with van der Waals surface area (Å²) in [7, 11) is 12.1. The second-order valence-electron chi connectivity index (χ2n) is 5.45. The SMILES string of the molecule is [B]C1c2c(O)cc(O)cc2O[C@]([B])(c2ccc(O)c(O)c2)[C@@H]1O. The maximum Gasteiger partial charge on any atom is 0.157 e. The van der Waals surface area contributed by atoms with Gasteiger partial charge in [0.25, 0.3) is 0 Å². The fraction of sp³-hybridized carbons (Fsp3) is 0.200. The van der Waals surface area contributed by atoms with Crippen LogP contribution in [-0.4, -0.2) is 47.3 Å². The number of hydrogen-bond acceptors (Lipinski definition) is 6. The summed E-state index contributed by atoms with van der Waals surface area (Å²) in [5.41, 5.74) is -1.58. The zero-order chi connectivity index (χ0) is 16.9. The van der Waals surface area contributed by atoms with Crippen LogP contribution in [0.4, 0.5) is 0 Å². The Balaban J connectivity index is 2.15. The topological polar surface area (TPSA) is 110 Å². The number of phenols is 4. The molecule has 1 unspecified atom stereocenters. The summed E-state index contributed by atoms with van der Waals surface area (Å²) in [6, 6.07) is 5.97. The van der Waals surface area contributed by atoms with Crippen molar-refractivity contribution in [1.82, 2.24) is 0 Å². The lowest BCUT2D eigenvalue weighted by molar-refractivity contribution is -0.0169. The highest BCUT2D eigenvalue weighted by Gasteiger charge is 2.46. The van der Waals surface area contributed by atoms with Crippen molar-refractivity contribution in [2.75, 3.05) is 0 Å². The van der Waals surface area contributed by atoms with Crippen molar-refractivity contribution in [2.24, 2.45) is 0 Å². The Bertz CT molecular complexity index is 781. The van der Waals surface area contributed by atoms with E-state index in [1.165, 1.54) is 18.2 Å². The van der Waals surface area contributed by atoms with Crippen molar-refractivity contribution in [3.05, 3.63) is 41.5 Å². The van der Waals surface area contributed by atoms with Gasteiger partial charge in [0.05, 0.1) is 14.0 Å². The second kappa shape index (κ2) is 5.03. The Morgan fingerprint density at radius 2 is 1.65 bits per heavy atom. The molecule has 1 aliphatic heterocycles. The molecule has 114 valence electrons. The number of aromatic hydroxyl groups is 4. The smallest absolute Gasteiger partial charge is 0.157 e. The van der Waals surface area contributed by atoms with Gasteiger partial charge in [-0.1, -0.05) is 6.07 Å². The van der Waals surface area contributed by atoms with Crippen LogP contribution in [0.15, 0.2) is 30.3 Å². The Morgan fingerprint density at radius 3 is 2.30 bits per heavy atom. The minimum absolute atomic E-state index is 0.00960. The van der Waals surface area contributed by atoms with Crippen LogP contribution in [0.2, 0.25) is 0 Å². The van der Waals surface area contributed by atoms with Crippen LogP contribution in [0.1, 0.15) is 16.9 Å². The maximum atomic E-state index is 10.5. The Labute approximate surface area is 134 Å². The van der Waals surface area contributed by atoms with Gasteiger partial charge >= 0.3 is 0 Å². The number of aliphatic hydroxyl groups is 1. The molecule has 0 aliphatic carbocycles. The number of rotatable bonds is 1. The molecule has 3 rings (SSSR count). The molecule has 4 radical (unpaired) electrons. The van der Waals surface area contributed by atoms with Crippen LogP contribution < -0.4 is 4.74 Å². The molecule has 0 bridgehead atoms. The van der Waals surface area contributed by atoms with Crippen LogP contribution in [0.3, 0.4) is 0 Å². The van der Waals surface area contributed by atoms with Gasteiger partial charge in [-0.05, 0) is 23.5 Å². The molecule has 2 aromatic carbocycles. The lowest BCUT2D eigenvalue weighted by Gasteiger charge is -2.44. The van der Waals surface area contributed by atoms with Gasteiger partial charge in [-0.15, -0.1) is 0 Å². The van der Waals surface area contributed by atoms with Crippen molar-refractivity contribution in [1.29, 1.82) is 0 Å². The van der Waals surface area contributed by atoms with Gasteiger partial charge in [0.15, 0.2) is 11.5 Å². The highest BCUT2D eigenvalue weighted by molar-refractivity contribution is 6.19. The fourth-order valence-corrected chi connectivity index (χ4v) is 2.68. The van der Waals surface area contributed by atoms with Gasteiger partial charge in [0.1, 0.15) is 30.6 Å². The summed E-state index contributed by atoms with van der Waals surface area (Å²) in [4.78, 5) is 0. The molecule has 3 atom stereocenters. The van der Waals surface area contributed by atoms with Crippen molar-refractivity contribution in [3.63, 3.8) is 0 Å². The van der Waals surface area contributed by atoms with E-state index < -0.39 is 23.2 Å². The van der Waals surface area contributed by atoms with Gasteiger partial charge < -0.3 is 30.3 Å². The summed E-state index contributed by atoms with van der Waals surface area (Å²) >= 11 is 0. The van der Waals surface area contributed by atoms with Crippen molar-refractivity contribution >= 4 is 15.7 Å². The molecular formula is C15H12B2O6. The van der Waals surface area contributed by atoms with Crippen molar-refractivity contribution < 1.29 is 30.3 Å². The van der Waals surface area contributed by atoms with E-state index in [4.69, 9.17) is 20.4 Å². The normalized spacial score (nSPS) is 26.3. The lowest BCUT2D eigenvalue weighted by atomic mass is 9.60. The van der Waals surface area contributed by atoms with Gasteiger partial charge in [0.2, 0.25) is 0 Å². The van der Waals surface area contributed by atoms with E-state index in [-0.39, 0.29) is 34.1 Å². The van der Waals surface area contributed by atoms with Crippen LogP contribution >= 0.6 is 0 Å². The average molecular weight is 310 g/mol. The number of ether oxygens (including phenoxy) is 1. The lowest BCUT2D eigenvalue weighted by Crippen LogP contribution is -2.51. The molecule has 0 aromatic heterocycles. The molecule has 1 aliphatic rings. The molecule has 0 amide bonds. The molecule has 23 heavy (non-hydrogen) atoms. The van der Waals surface area contributed by atoms with E-state index in [1.54, 1.807) is 0 Å². The number of hydrogen-bond donors (Lipinski definition) is 5. The predicted molar refractivity (Wildman–Crippen MR) is 82.1 cm³/mol. The summed E-state index contributed by atoms with van der Waals surface area (Å²) in [6.07, 6.45) is -1.46. The Kier molecular flexibility index (Phi) is 3.37. The minimum atomic E-state index is -1.85. The third-order valence-electron chi connectivity index (χ3n) is 3.92. The fourth-order valence-electron chi connectivity index (χ4n) is 2.68. The van der Waals surface area contributed by atoms with Crippen LogP contribution in [-0.2, 0) is 5.50 Å². The standard InChI is InChI=1S/C15H12B2O6/c16-13-12-10(21)4-7(18)5-11(12)23-15(17,14(13)22)6-1-2-8(19)9(20)3-6/h1-5,13-14,18-22H/t13?,14-,15-/m1/s1. The highest BCUT2D eigenvalue weighted by Crippen LogP contribution is 2.48. The van der Waals surface area contributed by atoms with E-state index in [2.05, 4.69) is 0 Å². The van der Waals surface area contributed by atoms with E-state index in [9.17, 15) is 25.5 Å². The van der Waals surface area contributed by atoms with Crippen LogP contribution in [0.5, 0.6) is 28.7 Å². The molecule has 0 spiro atoms. The molecule has 6 nitrogen and oxygen atoms in total. The first-order valence-corrected chi connectivity index (χ1v) is 6.74. The molecular weight excluding hydrogens is 298 g/mol. The minimum Gasteiger partial charge on any atom is -0.508 e. The number of fused-ring (bicyclic) bond motifs is 1. The second-order valence-corrected chi connectivity index (χ2v) is 5.45. The van der Waals surface area contributed by atoms with E-state index in [1.807, 2.05) is 0 Å². The molecule has 8 heteroatoms. The molecule has 0 saturated heterocycles. The van der Waals surface area contributed by atoms with Gasteiger partial charge in [0, 0.05) is 17.7 Å². The molecule has 0 saturated carbocycles. The van der Waals surface area contributed by atoms with Gasteiger partial charge in [-0.2, -0.15) is 0 Å². The summed E-state index contributed by atoms with van der Waals surface area (Å²) < 4.78 is 5.58. The number of benzene rings is 2. The average Bonchev–Trinajstić information content (AvgIpc) is 2.46. The first-order valence-electron chi connectivity index (χ1n) is 6.74. The van der Waals surface area contributed by atoms with Crippen LogP contribution in [0, 0.1) is 0 Å².